The van der Waals surface area contributed by atoms with E-state index in [9.17, 15) is 9.59 Å². The molecule has 0 saturated carbocycles. The van der Waals surface area contributed by atoms with E-state index < -0.39 is 0 Å². The lowest BCUT2D eigenvalue weighted by atomic mass is 10.1. The van der Waals surface area contributed by atoms with Crippen LogP contribution < -0.4 is 10.1 Å². The number of aromatic nitrogens is 1. The average molecular weight is 367 g/mol. The van der Waals surface area contributed by atoms with Gasteiger partial charge in [0.25, 0.3) is 5.91 Å². The largest absolute Gasteiger partial charge is 0.472 e. The third-order valence-corrected chi connectivity index (χ3v) is 4.61. The van der Waals surface area contributed by atoms with E-state index in [1.807, 2.05) is 43.0 Å². The molecule has 6 nitrogen and oxygen atoms in total. The second-order valence-corrected chi connectivity index (χ2v) is 6.75. The fourth-order valence-electron chi connectivity index (χ4n) is 3.11. The molecule has 1 aliphatic heterocycles. The summed E-state index contributed by atoms with van der Waals surface area (Å²) in [6.07, 6.45) is 2.56. The van der Waals surface area contributed by atoms with Crippen LogP contribution in [0.25, 0.3) is 0 Å². The van der Waals surface area contributed by atoms with Gasteiger partial charge in [-0.25, -0.2) is 4.98 Å². The fourth-order valence-corrected chi connectivity index (χ4v) is 3.11. The number of carbonyl (C=O) groups excluding carboxylic acids is 2. The van der Waals surface area contributed by atoms with Crippen molar-refractivity contribution in [1.82, 2.24) is 15.2 Å². The van der Waals surface area contributed by atoms with Crippen LogP contribution in [0, 0.1) is 6.92 Å². The first kappa shape index (κ1) is 18.9. The molecule has 142 valence electrons. The van der Waals surface area contributed by atoms with Crippen LogP contribution in [-0.2, 0) is 11.2 Å². The summed E-state index contributed by atoms with van der Waals surface area (Å²) in [5, 5.41) is 2.76. The smallest absolute Gasteiger partial charge is 0.256 e. The van der Waals surface area contributed by atoms with E-state index in [1.54, 1.807) is 18.3 Å². The van der Waals surface area contributed by atoms with Gasteiger partial charge in [0.15, 0.2) is 0 Å². The number of nitrogens with zero attached hydrogens (tertiary/aromatic N) is 2. The van der Waals surface area contributed by atoms with Crippen LogP contribution >= 0.6 is 0 Å². The summed E-state index contributed by atoms with van der Waals surface area (Å²) in [4.78, 5) is 30.7. The maximum atomic E-state index is 12.5. The van der Waals surface area contributed by atoms with Gasteiger partial charge in [0.2, 0.25) is 11.8 Å². The number of carbonyl (C=O) groups is 2. The highest BCUT2D eigenvalue weighted by Gasteiger charge is 2.29. The number of likely N-dealkylation sites (tertiary alicyclic amines) is 1. The Morgan fingerprint density at radius 3 is 2.78 bits per heavy atom. The van der Waals surface area contributed by atoms with Crippen molar-refractivity contribution in [1.29, 1.82) is 0 Å². The summed E-state index contributed by atoms with van der Waals surface area (Å²) in [5.41, 5.74) is 2.61. The molecule has 1 atom stereocenters. The third kappa shape index (κ3) is 4.84. The minimum Gasteiger partial charge on any atom is -0.472 e. The maximum absolute atomic E-state index is 12.5. The topological polar surface area (TPSA) is 71.5 Å². The number of rotatable bonds is 6. The molecule has 0 radical (unpaired) electrons. The second kappa shape index (κ2) is 8.66. The summed E-state index contributed by atoms with van der Waals surface area (Å²) in [6, 6.07) is 11.4. The summed E-state index contributed by atoms with van der Waals surface area (Å²) in [7, 11) is 0. The molecule has 1 aromatic heterocycles. The van der Waals surface area contributed by atoms with Crippen molar-refractivity contribution in [3.05, 3.63) is 59.3 Å². The number of benzene rings is 1. The zero-order valence-electron chi connectivity index (χ0n) is 15.8. The van der Waals surface area contributed by atoms with Crippen LogP contribution in [0.15, 0.2) is 42.6 Å². The van der Waals surface area contributed by atoms with E-state index in [2.05, 4.69) is 10.3 Å². The Labute approximate surface area is 159 Å². The van der Waals surface area contributed by atoms with Crippen LogP contribution in [0.3, 0.4) is 0 Å². The van der Waals surface area contributed by atoms with Crippen molar-refractivity contribution < 1.29 is 14.3 Å². The number of pyridine rings is 1. The molecular formula is C21H25N3O3. The Morgan fingerprint density at radius 2 is 2.04 bits per heavy atom. The molecule has 1 saturated heterocycles. The minimum atomic E-state index is -0.203. The van der Waals surface area contributed by atoms with Gasteiger partial charge in [0, 0.05) is 25.7 Å². The van der Waals surface area contributed by atoms with Crippen LogP contribution in [-0.4, -0.2) is 47.4 Å². The highest BCUT2D eigenvalue weighted by molar-refractivity contribution is 5.96. The van der Waals surface area contributed by atoms with Gasteiger partial charge >= 0.3 is 0 Å². The van der Waals surface area contributed by atoms with Crippen LogP contribution in [0.2, 0.25) is 0 Å². The van der Waals surface area contributed by atoms with E-state index in [1.165, 1.54) is 5.56 Å². The Kier molecular flexibility index (Phi) is 6.06. The molecule has 3 rings (SSSR count). The predicted molar refractivity (Wildman–Crippen MR) is 103 cm³/mol. The molecule has 1 unspecified atom stereocenters. The average Bonchev–Trinajstić information content (AvgIpc) is 3.13. The summed E-state index contributed by atoms with van der Waals surface area (Å²) in [5.74, 6) is 0.210. The number of amides is 2. The molecule has 1 aliphatic rings. The van der Waals surface area contributed by atoms with Gasteiger partial charge in [0.1, 0.15) is 11.7 Å². The summed E-state index contributed by atoms with van der Waals surface area (Å²) >= 11 is 0. The van der Waals surface area contributed by atoms with E-state index in [0.717, 1.165) is 12.0 Å². The van der Waals surface area contributed by atoms with E-state index in [0.29, 0.717) is 37.5 Å². The lowest BCUT2D eigenvalue weighted by Gasteiger charge is -2.18. The zero-order chi connectivity index (χ0) is 19.2. The van der Waals surface area contributed by atoms with Crippen LogP contribution in [0.5, 0.6) is 5.88 Å². The normalized spacial score (nSPS) is 16.2. The lowest BCUT2D eigenvalue weighted by Crippen LogP contribution is -2.32. The molecule has 6 heteroatoms. The van der Waals surface area contributed by atoms with Crippen molar-refractivity contribution >= 4 is 11.8 Å². The van der Waals surface area contributed by atoms with Gasteiger partial charge in [0.05, 0.1) is 13.0 Å². The standard InChI is InChI=1S/C21H25N3O3/c1-3-22-20(26)18-5-4-11-23-21(18)27-17-10-12-24(14-17)19(25)13-16-8-6-15(2)7-9-16/h4-9,11,17H,3,10,12-14H2,1-2H3,(H,22,26). The van der Waals surface area contributed by atoms with Crippen molar-refractivity contribution in [2.75, 3.05) is 19.6 Å². The first-order valence-electron chi connectivity index (χ1n) is 9.30. The molecule has 1 N–H and O–H groups in total. The molecule has 0 bridgehead atoms. The van der Waals surface area contributed by atoms with Gasteiger partial charge < -0.3 is 15.0 Å². The van der Waals surface area contributed by atoms with Crippen molar-refractivity contribution in [2.45, 2.75) is 32.8 Å². The highest BCUT2D eigenvalue weighted by Crippen LogP contribution is 2.21. The van der Waals surface area contributed by atoms with E-state index in [-0.39, 0.29) is 17.9 Å². The van der Waals surface area contributed by atoms with Crippen molar-refractivity contribution in [2.24, 2.45) is 0 Å². The van der Waals surface area contributed by atoms with Gasteiger partial charge in [-0.05, 0) is 31.5 Å². The monoisotopic (exact) mass is 367 g/mol. The van der Waals surface area contributed by atoms with Gasteiger partial charge in [-0.2, -0.15) is 0 Å². The van der Waals surface area contributed by atoms with Crippen molar-refractivity contribution in [3.8, 4) is 5.88 Å². The van der Waals surface area contributed by atoms with E-state index >= 15 is 0 Å². The first-order chi connectivity index (χ1) is 13.1. The van der Waals surface area contributed by atoms with Crippen LogP contribution in [0.4, 0.5) is 0 Å². The van der Waals surface area contributed by atoms with Gasteiger partial charge in [-0.1, -0.05) is 29.8 Å². The number of ether oxygens (including phenoxy) is 1. The van der Waals surface area contributed by atoms with Crippen molar-refractivity contribution in [3.63, 3.8) is 0 Å². The third-order valence-electron chi connectivity index (χ3n) is 4.61. The minimum absolute atomic E-state index is 0.0925. The Morgan fingerprint density at radius 1 is 1.26 bits per heavy atom. The molecule has 2 amide bonds. The zero-order valence-corrected chi connectivity index (χ0v) is 15.8. The molecule has 1 aromatic carbocycles. The molecular weight excluding hydrogens is 342 g/mol. The molecule has 27 heavy (non-hydrogen) atoms. The Bertz CT molecular complexity index is 805. The number of aryl methyl sites for hydroxylation is 1. The van der Waals surface area contributed by atoms with Gasteiger partial charge in [-0.3, -0.25) is 9.59 Å². The predicted octanol–water partition coefficient (Wildman–Crippen LogP) is 2.36. The molecule has 2 heterocycles. The Hall–Kier alpha value is -2.89. The Balaban J connectivity index is 1.59. The van der Waals surface area contributed by atoms with Crippen LogP contribution in [0.1, 0.15) is 34.8 Å². The SMILES string of the molecule is CCNC(=O)c1cccnc1OC1CCN(C(=O)Cc2ccc(C)cc2)C1. The fraction of sp³-hybridized carbons (Fsp3) is 0.381. The molecule has 0 spiro atoms. The second-order valence-electron chi connectivity index (χ2n) is 6.75. The number of nitrogens with one attached hydrogen (secondary N) is 1. The number of hydrogen-bond acceptors (Lipinski definition) is 4. The lowest BCUT2D eigenvalue weighted by molar-refractivity contribution is -0.129. The highest BCUT2D eigenvalue weighted by atomic mass is 16.5. The van der Waals surface area contributed by atoms with Gasteiger partial charge in [-0.15, -0.1) is 0 Å². The summed E-state index contributed by atoms with van der Waals surface area (Å²) < 4.78 is 5.95. The first-order valence-corrected chi connectivity index (χ1v) is 9.30. The molecule has 1 fully saturated rings. The quantitative estimate of drug-likeness (QED) is 0.851. The maximum Gasteiger partial charge on any atom is 0.256 e. The molecule has 2 aromatic rings. The molecule has 0 aliphatic carbocycles. The van der Waals surface area contributed by atoms with E-state index in [4.69, 9.17) is 4.74 Å². The number of hydrogen-bond donors (Lipinski definition) is 1. The summed E-state index contributed by atoms with van der Waals surface area (Å²) in [6.45, 7) is 5.59.